The Hall–Kier alpha value is -2.24. The van der Waals surface area contributed by atoms with Gasteiger partial charge in [0.15, 0.2) is 0 Å². The minimum Gasteiger partial charge on any atom is -0.441 e. The molecule has 2 saturated heterocycles. The van der Waals surface area contributed by atoms with Crippen LogP contribution in [0.1, 0.15) is 0 Å². The summed E-state index contributed by atoms with van der Waals surface area (Å²) in [5.41, 5.74) is 1.06. The van der Waals surface area contributed by atoms with Crippen LogP contribution in [0.4, 0.5) is 20.8 Å². The number of hydrogen-bond donors (Lipinski definition) is 2. The van der Waals surface area contributed by atoms with E-state index in [0.29, 0.717) is 17.1 Å². The molecule has 0 unspecified atom stereocenters. The van der Waals surface area contributed by atoms with Crippen molar-refractivity contribution in [3.05, 3.63) is 36.4 Å². The molecular formula is C18H20FN4O6PS. The SMILES string of the molecule is O=C1O[C@@H](COP(=O)(O)O)CN1c1ccc(-c2cnc(N3CCSCC3)nc2)c(F)c1. The fraction of sp³-hybridized carbons (Fsp3) is 0.389. The van der Waals surface area contributed by atoms with Gasteiger partial charge in [0.05, 0.1) is 18.8 Å². The molecule has 0 radical (unpaired) electrons. The fourth-order valence-corrected chi connectivity index (χ4v) is 4.56. The zero-order valence-electron chi connectivity index (χ0n) is 16.3. The highest BCUT2D eigenvalue weighted by atomic mass is 32.2. The van der Waals surface area contributed by atoms with E-state index in [0.717, 1.165) is 24.6 Å². The average molecular weight is 470 g/mol. The molecule has 166 valence electrons. The molecule has 2 N–H and O–H groups in total. The number of cyclic esters (lactones) is 1. The largest absolute Gasteiger partial charge is 0.469 e. The van der Waals surface area contributed by atoms with Crippen molar-refractivity contribution in [2.75, 3.05) is 47.5 Å². The Balaban J connectivity index is 1.45. The van der Waals surface area contributed by atoms with Crippen molar-refractivity contribution in [2.45, 2.75) is 6.10 Å². The number of nitrogens with zero attached hydrogens (tertiary/aromatic N) is 4. The lowest BCUT2D eigenvalue weighted by Gasteiger charge is -2.26. The van der Waals surface area contributed by atoms with E-state index in [9.17, 15) is 13.8 Å². The highest BCUT2D eigenvalue weighted by molar-refractivity contribution is 7.99. The van der Waals surface area contributed by atoms with Gasteiger partial charge in [0, 0.05) is 48.1 Å². The van der Waals surface area contributed by atoms with E-state index in [2.05, 4.69) is 19.4 Å². The summed E-state index contributed by atoms with van der Waals surface area (Å²) in [6, 6.07) is 4.27. The van der Waals surface area contributed by atoms with Gasteiger partial charge in [-0.15, -0.1) is 0 Å². The van der Waals surface area contributed by atoms with Crippen molar-refractivity contribution in [3.63, 3.8) is 0 Å². The predicted molar refractivity (Wildman–Crippen MR) is 113 cm³/mol. The van der Waals surface area contributed by atoms with Crippen molar-refractivity contribution in [1.29, 1.82) is 0 Å². The van der Waals surface area contributed by atoms with Gasteiger partial charge in [0.25, 0.3) is 0 Å². The van der Waals surface area contributed by atoms with Crippen LogP contribution >= 0.6 is 19.6 Å². The predicted octanol–water partition coefficient (Wildman–Crippen LogP) is 2.27. The number of amides is 1. The van der Waals surface area contributed by atoms with Crippen LogP contribution in [0.5, 0.6) is 0 Å². The Bertz CT molecular complexity index is 1000. The number of rotatable bonds is 6. The zero-order chi connectivity index (χ0) is 22.0. The number of carbonyl (C=O) groups excluding carboxylic acids is 1. The maximum Gasteiger partial charge on any atom is 0.469 e. The van der Waals surface area contributed by atoms with Crippen molar-refractivity contribution in [3.8, 4) is 11.1 Å². The lowest BCUT2D eigenvalue weighted by molar-refractivity contribution is 0.0880. The molecule has 2 fully saturated rings. The van der Waals surface area contributed by atoms with Gasteiger partial charge in [-0.1, -0.05) is 0 Å². The van der Waals surface area contributed by atoms with Crippen molar-refractivity contribution in [2.24, 2.45) is 0 Å². The molecule has 1 aromatic heterocycles. The molecule has 3 heterocycles. The van der Waals surface area contributed by atoms with Crippen LogP contribution in [0.2, 0.25) is 0 Å². The number of thioether (sulfide) groups is 1. The smallest absolute Gasteiger partial charge is 0.441 e. The van der Waals surface area contributed by atoms with E-state index in [1.54, 1.807) is 18.5 Å². The molecule has 31 heavy (non-hydrogen) atoms. The van der Waals surface area contributed by atoms with Gasteiger partial charge >= 0.3 is 13.9 Å². The molecule has 0 bridgehead atoms. The third-order valence-electron chi connectivity index (χ3n) is 4.81. The van der Waals surface area contributed by atoms with E-state index in [1.807, 2.05) is 11.8 Å². The number of ether oxygens (including phenoxy) is 1. The maximum atomic E-state index is 14.8. The van der Waals surface area contributed by atoms with E-state index < -0.39 is 32.4 Å². The Morgan fingerprint density at radius 3 is 2.61 bits per heavy atom. The van der Waals surface area contributed by atoms with E-state index in [4.69, 9.17) is 14.5 Å². The van der Waals surface area contributed by atoms with Gasteiger partial charge in [-0.05, 0) is 18.2 Å². The summed E-state index contributed by atoms with van der Waals surface area (Å²) in [5, 5.41) is 0. The number of phosphoric acid groups is 1. The van der Waals surface area contributed by atoms with Gasteiger partial charge in [-0.25, -0.2) is 23.7 Å². The van der Waals surface area contributed by atoms with Crippen LogP contribution in [-0.4, -0.2) is 69.7 Å². The van der Waals surface area contributed by atoms with Crippen LogP contribution in [0, 0.1) is 5.82 Å². The molecule has 1 aromatic carbocycles. The first-order valence-corrected chi connectivity index (χ1v) is 12.1. The number of aromatic nitrogens is 2. The molecule has 4 rings (SSSR count). The lowest BCUT2D eigenvalue weighted by Crippen LogP contribution is -2.33. The first kappa shape index (κ1) is 22.0. The third kappa shape index (κ3) is 5.34. The molecule has 0 spiro atoms. The summed E-state index contributed by atoms with van der Waals surface area (Å²) in [7, 11) is -4.68. The molecule has 13 heteroatoms. The summed E-state index contributed by atoms with van der Waals surface area (Å²) < 4.78 is 35.0. The van der Waals surface area contributed by atoms with E-state index in [1.165, 1.54) is 17.0 Å². The number of benzene rings is 1. The van der Waals surface area contributed by atoms with Crippen LogP contribution in [-0.2, 0) is 13.8 Å². The van der Waals surface area contributed by atoms with Crippen molar-refractivity contribution in [1.82, 2.24) is 9.97 Å². The lowest BCUT2D eigenvalue weighted by atomic mass is 10.1. The Kier molecular flexibility index (Phi) is 6.44. The summed E-state index contributed by atoms with van der Waals surface area (Å²) >= 11 is 1.89. The first-order valence-electron chi connectivity index (χ1n) is 9.43. The Morgan fingerprint density at radius 2 is 1.97 bits per heavy atom. The molecule has 2 aliphatic heterocycles. The Morgan fingerprint density at radius 1 is 1.26 bits per heavy atom. The molecule has 1 atom stereocenters. The highest BCUT2D eigenvalue weighted by Crippen LogP contribution is 2.37. The van der Waals surface area contributed by atoms with Gasteiger partial charge in [0.1, 0.15) is 11.9 Å². The quantitative estimate of drug-likeness (QED) is 0.608. The molecular weight excluding hydrogens is 450 g/mol. The number of halogens is 1. The topological polar surface area (TPSA) is 125 Å². The van der Waals surface area contributed by atoms with Gasteiger partial charge in [0.2, 0.25) is 5.95 Å². The van der Waals surface area contributed by atoms with Crippen LogP contribution < -0.4 is 9.80 Å². The van der Waals surface area contributed by atoms with Gasteiger partial charge < -0.3 is 19.4 Å². The van der Waals surface area contributed by atoms with Crippen LogP contribution in [0.25, 0.3) is 11.1 Å². The minimum absolute atomic E-state index is 0.0243. The summed E-state index contributed by atoms with van der Waals surface area (Å²) in [6.45, 7) is 1.26. The number of carbonyl (C=O) groups is 1. The van der Waals surface area contributed by atoms with Crippen LogP contribution in [0.3, 0.4) is 0 Å². The molecule has 0 aliphatic carbocycles. The monoisotopic (exact) mass is 470 g/mol. The molecule has 10 nitrogen and oxygen atoms in total. The molecule has 2 aromatic rings. The second-order valence-corrected chi connectivity index (χ2v) is 9.40. The third-order valence-corrected chi connectivity index (χ3v) is 6.24. The van der Waals surface area contributed by atoms with E-state index >= 15 is 0 Å². The molecule has 1 amide bonds. The van der Waals surface area contributed by atoms with Gasteiger partial charge in [-0.3, -0.25) is 9.42 Å². The van der Waals surface area contributed by atoms with Crippen molar-refractivity contribution >= 4 is 37.3 Å². The minimum atomic E-state index is -4.68. The van der Waals surface area contributed by atoms with Gasteiger partial charge in [-0.2, -0.15) is 11.8 Å². The van der Waals surface area contributed by atoms with E-state index in [-0.39, 0.29) is 12.2 Å². The normalized spacial score (nSPS) is 19.6. The van der Waals surface area contributed by atoms with Crippen LogP contribution in [0.15, 0.2) is 30.6 Å². The summed E-state index contributed by atoms with van der Waals surface area (Å²) in [6.07, 6.45) is 1.51. The number of anilines is 2. The highest BCUT2D eigenvalue weighted by Gasteiger charge is 2.34. The molecule has 2 aliphatic rings. The average Bonchev–Trinajstić information content (AvgIpc) is 3.13. The summed E-state index contributed by atoms with van der Waals surface area (Å²) in [5.74, 6) is 2.09. The zero-order valence-corrected chi connectivity index (χ0v) is 18.0. The molecule has 0 saturated carbocycles. The summed E-state index contributed by atoms with van der Waals surface area (Å²) in [4.78, 5) is 41.6. The Labute approximate surface area is 181 Å². The second-order valence-electron chi connectivity index (χ2n) is 6.94. The number of hydrogen-bond acceptors (Lipinski definition) is 8. The standard InChI is InChI=1S/C18H20FN4O6PS/c19-16-7-13(23-10-14(29-18(23)24)11-28-30(25,26)27)1-2-15(16)12-8-20-17(21-9-12)22-3-5-31-6-4-22/h1-2,7-9,14H,3-6,10-11H2,(H2,25,26,27)/t14-/m1/s1. The first-order chi connectivity index (χ1) is 14.8. The maximum absolute atomic E-state index is 14.8. The fourth-order valence-electron chi connectivity index (χ4n) is 3.29. The second kappa shape index (κ2) is 9.09. The van der Waals surface area contributed by atoms with Crippen molar-refractivity contribution < 1.29 is 32.8 Å². The number of phosphoric ester groups is 1.